The lowest BCUT2D eigenvalue weighted by molar-refractivity contribution is -0.117. The summed E-state index contributed by atoms with van der Waals surface area (Å²) >= 11 is 0. The van der Waals surface area contributed by atoms with Crippen LogP contribution in [0.1, 0.15) is 31.2 Å². The highest BCUT2D eigenvalue weighted by Crippen LogP contribution is 2.17. The fourth-order valence-corrected chi connectivity index (χ4v) is 1.79. The predicted octanol–water partition coefficient (Wildman–Crippen LogP) is 3.05. The van der Waals surface area contributed by atoms with Gasteiger partial charge in [0.1, 0.15) is 11.3 Å². The Morgan fingerprint density at radius 3 is 3.00 bits per heavy atom. The maximum absolute atomic E-state index is 10.8. The van der Waals surface area contributed by atoms with Crippen molar-refractivity contribution >= 4 is 16.9 Å². The van der Waals surface area contributed by atoms with Crippen LogP contribution in [0.4, 0.5) is 0 Å². The number of fused-ring (bicyclic) bond motifs is 1. The van der Waals surface area contributed by atoms with Crippen LogP contribution < -0.4 is 0 Å². The normalized spacial score (nSPS) is 10.9. The molecule has 16 heavy (non-hydrogen) atoms. The summed E-state index contributed by atoms with van der Waals surface area (Å²) in [6, 6.07) is 6.01. The molecule has 84 valence electrons. The Bertz CT molecular complexity index is 514. The van der Waals surface area contributed by atoms with E-state index >= 15 is 0 Å². The molecule has 1 heterocycles. The number of oxazole rings is 1. The van der Waals surface area contributed by atoms with Crippen LogP contribution in [-0.4, -0.2) is 10.8 Å². The molecule has 0 aliphatic heterocycles. The highest BCUT2D eigenvalue weighted by Gasteiger charge is 2.03. The monoisotopic (exact) mass is 217 g/mol. The van der Waals surface area contributed by atoms with E-state index in [4.69, 9.17) is 4.42 Å². The molecule has 0 N–H and O–H groups in total. The smallest absolute Gasteiger partial charge is 0.192 e. The Balaban J connectivity index is 2.10. The molecule has 0 spiro atoms. The lowest BCUT2D eigenvalue weighted by Gasteiger charge is -1.99. The third kappa shape index (κ3) is 2.48. The molecule has 0 aliphatic carbocycles. The minimum absolute atomic E-state index is 0.248. The van der Waals surface area contributed by atoms with Gasteiger partial charge in [-0.25, -0.2) is 4.98 Å². The lowest BCUT2D eigenvalue weighted by Crippen LogP contribution is -1.92. The van der Waals surface area contributed by atoms with E-state index in [1.54, 1.807) is 6.92 Å². The second kappa shape index (κ2) is 4.47. The first-order chi connectivity index (χ1) is 7.65. The average molecular weight is 217 g/mol. The van der Waals surface area contributed by atoms with Gasteiger partial charge in [-0.15, -0.1) is 0 Å². The summed E-state index contributed by atoms with van der Waals surface area (Å²) < 4.78 is 5.40. The standard InChI is InChI=1S/C13H15NO2/c1-9(15)4-3-5-11-6-7-13-12(8-11)14-10(2)16-13/h6-8H,3-5H2,1-2H3. The summed E-state index contributed by atoms with van der Waals surface area (Å²) in [4.78, 5) is 15.1. The van der Waals surface area contributed by atoms with Gasteiger partial charge >= 0.3 is 0 Å². The van der Waals surface area contributed by atoms with Crippen molar-refractivity contribution in [3.05, 3.63) is 29.7 Å². The Morgan fingerprint density at radius 2 is 2.25 bits per heavy atom. The Kier molecular flexibility index (Phi) is 3.04. The summed E-state index contributed by atoms with van der Waals surface area (Å²) in [6.07, 6.45) is 2.47. The first-order valence-electron chi connectivity index (χ1n) is 5.50. The van der Waals surface area contributed by atoms with Crippen molar-refractivity contribution in [2.24, 2.45) is 0 Å². The van der Waals surface area contributed by atoms with E-state index in [9.17, 15) is 4.79 Å². The van der Waals surface area contributed by atoms with E-state index in [1.165, 1.54) is 5.56 Å². The molecule has 0 unspecified atom stereocenters. The predicted molar refractivity (Wildman–Crippen MR) is 62.4 cm³/mol. The van der Waals surface area contributed by atoms with Gasteiger partial charge in [0.2, 0.25) is 0 Å². The average Bonchev–Trinajstić information content (AvgIpc) is 2.56. The Labute approximate surface area is 94.5 Å². The van der Waals surface area contributed by atoms with Crippen LogP contribution in [-0.2, 0) is 11.2 Å². The number of hydrogen-bond donors (Lipinski definition) is 0. The summed E-state index contributed by atoms with van der Waals surface area (Å²) in [7, 11) is 0. The summed E-state index contributed by atoms with van der Waals surface area (Å²) in [5.41, 5.74) is 2.94. The van der Waals surface area contributed by atoms with Gasteiger partial charge in [-0.1, -0.05) is 6.07 Å². The van der Waals surface area contributed by atoms with Crippen molar-refractivity contribution in [1.29, 1.82) is 0 Å². The second-order valence-corrected chi connectivity index (χ2v) is 4.09. The molecule has 0 saturated carbocycles. The summed E-state index contributed by atoms with van der Waals surface area (Å²) in [5, 5.41) is 0. The first kappa shape index (κ1) is 10.9. The number of rotatable bonds is 4. The van der Waals surface area contributed by atoms with Gasteiger partial charge in [-0.2, -0.15) is 0 Å². The number of Topliss-reactive ketones (excluding diaryl/α,β-unsaturated/α-hetero) is 1. The van der Waals surface area contributed by atoms with E-state index < -0.39 is 0 Å². The molecule has 2 rings (SSSR count). The van der Waals surface area contributed by atoms with Crippen molar-refractivity contribution in [3.63, 3.8) is 0 Å². The molecule has 0 saturated heterocycles. The molecule has 0 aliphatic rings. The zero-order chi connectivity index (χ0) is 11.5. The minimum atomic E-state index is 0.248. The van der Waals surface area contributed by atoms with E-state index in [1.807, 2.05) is 25.1 Å². The Hall–Kier alpha value is -1.64. The van der Waals surface area contributed by atoms with Crippen LogP contribution >= 0.6 is 0 Å². The Morgan fingerprint density at radius 1 is 1.44 bits per heavy atom. The molecule has 1 aromatic carbocycles. The van der Waals surface area contributed by atoms with E-state index in [0.717, 1.165) is 23.9 Å². The maximum atomic E-state index is 10.8. The third-order valence-electron chi connectivity index (χ3n) is 2.55. The number of aromatic nitrogens is 1. The molecule has 0 atom stereocenters. The summed E-state index contributed by atoms with van der Waals surface area (Å²) in [5.74, 6) is 0.939. The molecule has 3 heteroatoms. The second-order valence-electron chi connectivity index (χ2n) is 4.09. The van der Waals surface area contributed by atoms with E-state index in [-0.39, 0.29) is 5.78 Å². The number of carbonyl (C=O) groups is 1. The topological polar surface area (TPSA) is 43.1 Å². The van der Waals surface area contributed by atoms with Gasteiger partial charge in [0.05, 0.1) is 0 Å². The highest BCUT2D eigenvalue weighted by atomic mass is 16.3. The maximum Gasteiger partial charge on any atom is 0.192 e. The van der Waals surface area contributed by atoms with Crippen LogP contribution in [0.3, 0.4) is 0 Å². The molecule has 1 aromatic heterocycles. The quantitative estimate of drug-likeness (QED) is 0.790. The molecule has 2 aromatic rings. The van der Waals surface area contributed by atoms with Crippen molar-refractivity contribution in [2.75, 3.05) is 0 Å². The molecule has 0 fully saturated rings. The molecule has 0 amide bonds. The van der Waals surface area contributed by atoms with E-state index in [0.29, 0.717) is 12.3 Å². The minimum Gasteiger partial charge on any atom is -0.441 e. The molecular weight excluding hydrogens is 202 g/mol. The van der Waals surface area contributed by atoms with Crippen molar-refractivity contribution in [2.45, 2.75) is 33.1 Å². The molecular formula is C13H15NO2. The van der Waals surface area contributed by atoms with E-state index in [2.05, 4.69) is 4.98 Å². The number of hydrogen-bond acceptors (Lipinski definition) is 3. The van der Waals surface area contributed by atoms with Gasteiger partial charge < -0.3 is 9.21 Å². The largest absolute Gasteiger partial charge is 0.441 e. The zero-order valence-electron chi connectivity index (χ0n) is 9.62. The summed E-state index contributed by atoms with van der Waals surface area (Å²) in [6.45, 7) is 3.47. The van der Waals surface area contributed by atoms with Gasteiger partial charge in [0.25, 0.3) is 0 Å². The fourth-order valence-electron chi connectivity index (χ4n) is 1.79. The lowest BCUT2D eigenvalue weighted by atomic mass is 10.1. The van der Waals surface area contributed by atoms with Crippen LogP contribution in [0.25, 0.3) is 11.1 Å². The third-order valence-corrected chi connectivity index (χ3v) is 2.55. The number of carbonyl (C=O) groups excluding carboxylic acids is 1. The number of nitrogens with zero attached hydrogens (tertiary/aromatic N) is 1. The molecule has 0 bridgehead atoms. The molecule has 0 radical (unpaired) electrons. The van der Waals surface area contributed by atoms with Gasteiger partial charge in [-0.05, 0) is 37.5 Å². The number of ketones is 1. The first-order valence-corrected chi connectivity index (χ1v) is 5.50. The van der Waals surface area contributed by atoms with Crippen molar-refractivity contribution < 1.29 is 9.21 Å². The van der Waals surface area contributed by atoms with Crippen LogP contribution in [0.5, 0.6) is 0 Å². The SMILES string of the molecule is CC(=O)CCCc1ccc2oc(C)nc2c1. The van der Waals surface area contributed by atoms with Gasteiger partial charge in [0.15, 0.2) is 11.5 Å². The van der Waals surface area contributed by atoms with Crippen molar-refractivity contribution in [3.8, 4) is 0 Å². The number of aryl methyl sites for hydroxylation is 2. The number of benzene rings is 1. The molecule has 3 nitrogen and oxygen atoms in total. The van der Waals surface area contributed by atoms with Crippen molar-refractivity contribution in [1.82, 2.24) is 4.98 Å². The van der Waals surface area contributed by atoms with Crippen LogP contribution in [0.2, 0.25) is 0 Å². The highest BCUT2D eigenvalue weighted by molar-refractivity contribution is 5.75. The van der Waals surface area contributed by atoms with Gasteiger partial charge in [-0.3, -0.25) is 0 Å². The fraction of sp³-hybridized carbons (Fsp3) is 0.385. The van der Waals surface area contributed by atoms with Crippen LogP contribution in [0.15, 0.2) is 22.6 Å². The van der Waals surface area contributed by atoms with Crippen LogP contribution in [0, 0.1) is 6.92 Å². The van der Waals surface area contributed by atoms with Gasteiger partial charge in [0, 0.05) is 13.3 Å². The zero-order valence-corrected chi connectivity index (χ0v) is 9.62.